The van der Waals surface area contributed by atoms with Crippen molar-refractivity contribution in [2.24, 2.45) is 0 Å². The average molecular weight is 161 g/mol. The van der Waals surface area contributed by atoms with Gasteiger partial charge in [0.1, 0.15) is 6.33 Å². The number of aromatic nitrogens is 4. The first-order chi connectivity index (χ1) is 5.88. The van der Waals surface area contributed by atoms with Crippen molar-refractivity contribution in [2.75, 3.05) is 0 Å². The van der Waals surface area contributed by atoms with E-state index in [0.717, 1.165) is 0 Å². The Hall–Kier alpha value is -1.91. The van der Waals surface area contributed by atoms with Crippen LogP contribution in [0.15, 0.2) is 37.2 Å². The molecule has 0 unspecified atom stereocenters. The van der Waals surface area contributed by atoms with Crippen LogP contribution in [-0.4, -0.2) is 25.3 Å². The van der Waals surface area contributed by atoms with E-state index in [2.05, 4.69) is 10.1 Å². The molecule has 2 aromatic rings. The van der Waals surface area contributed by atoms with Gasteiger partial charge in [0.2, 0.25) is 5.96 Å². The number of nitrogens with one attached hydrogen (secondary N) is 1. The van der Waals surface area contributed by atoms with Crippen molar-refractivity contribution in [3.63, 3.8) is 0 Å². The van der Waals surface area contributed by atoms with E-state index in [4.69, 9.17) is 5.41 Å². The molecule has 2 aromatic heterocycles. The normalized spacial score (nSPS) is 10.0. The molecule has 5 heteroatoms. The topological polar surface area (TPSA) is 59.5 Å². The average Bonchev–Trinajstić information content (AvgIpc) is 2.77. The second-order valence-corrected chi connectivity index (χ2v) is 2.24. The van der Waals surface area contributed by atoms with Crippen molar-refractivity contribution >= 4 is 5.96 Å². The lowest BCUT2D eigenvalue weighted by Gasteiger charge is -2.02. The van der Waals surface area contributed by atoms with Gasteiger partial charge in [-0.05, 0) is 6.07 Å². The highest BCUT2D eigenvalue weighted by Crippen LogP contribution is 1.89. The Labute approximate surface area is 68.8 Å². The van der Waals surface area contributed by atoms with Crippen molar-refractivity contribution in [1.29, 1.82) is 5.41 Å². The SMILES string of the molecule is N=C(n1ccnc1)n1cccn1. The van der Waals surface area contributed by atoms with E-state index in [9.17, 15) is 0 Å². The lowest BCUT2D eigenvalue weighted by molar-refractivity contribution is 0.862. The molecular weight excluding hydrogens is 154 g/mol. The summed E-state index contributed by atoms with van der Waals surface area (Å²) < 4.78 is 3.04. The quantitative estimate of drug-likeness (QED) is 0.449. The number of rotatable bonds is 0. The van der Waals surface area contributed by atoms with Gasteiger partial charge in [-0.25, -0.2) is 9.67 Å². The minimum Gasteiger partial charge on any atom is -0.275 e. The Bertz CT molecular complexity index is 322. The van der Waals surface area contributed by atoms with Crippen LogP contribution in [0, 0.1) is 5.41 Å². The highest BCUT2D eigenvalue weighted by Gasteiger charge is 1.99. The van der Waals surface area contributed by atoms with E-state index < -0.39 is 0 Å². The van der Waals surface area contributed by atoms with Crippen LogP contribution in [-0.2, 0) is 0 Å². The van der Waals surface area contributed by atoms with Gasteiger partial charge >= 0.3 is 0 Å². The zero-order chi connectivity index (χ0) is 8.39. The second kappa shape index (κ2) is 2.61. The molecule has 0 aliphatic rings. The summed E-state index contributed by atoms with van der Waals surface area (Å²) in [5, 5.41) is 11.5. The summed E-state index contributed by atoms with van der Waals surface area (Å²) in [5.41, 5.74) is 0. The molecule has 0 aliphatic carbocycles. The van der Waals surface area contributed by atoms with Crippen LogP contribution in [0.3, 0.4) is 0 Å². The number of nitrogens with zero attached hydrogens (tertiary/aromatic N) is 4. The van der Waals surface area contributed by atoms with Crippen molar-refractivity contribution in [1.82, 2.24) is 19.3 Å². The van der Waals surface area contributed by atoms with Gasteiger partial charge in [0.15, 0.2) is 0 Å². The first-order valence-corrected chi connectivity index (χ1v) is 3.45. The molecule has 1 N–H and O–H groups in total. The van der Waals surface area contributed by atoms with Crippen LogP contribution in [0.5, 0.6) is 0 Å². The lowest BCUT2D eigenvalue weighted by Crippen LogP contribution is -2.18. The van der Waals surface area contributed by atoms with E-state index >= 15 is 0 Å². The van der Waals surface area contributed by atoms with Gasteiger partial charge in [-0.3, -0.25) is 9.98 Å². The summed E-state index contributed by atoms with van der Waals surface area (Å²) in [6.07, 6.45) is 8.22. The minimum absolute atomic E-state index is 0.262. The summed E-state index contributed by atoms with van der Waals surface area (Å²) in [4.78, 5) is 3.83. The standard InChI is InChI=1S/C7H7N5/c8-7(11-5-3-9-6-11)12-4-1-2-10-12/h1-6,8H. The van der Waals surface area contributed by atoms with Crippen LogP contribution in [0.4, 0.5) is 0 Å². The summed E-state index contributed by atoms with van der Waals surface area (Å²) in [6.45, 7) is 0. The predicted octanol–water partition coefficient (Wildman–Crippen LogP) is 0.411. The summed E-state index contributed by atoms with van der Waals surface area (Å²) in [5.74, 6) is 0.262. The van der Waals surface area contributed by atoms with Crippen LogP contribution < -0.4 is 0 Å². The van der Waals surface area contributed by atoms with Crippen molar-refractivity contribution in [3.8, 4) is 0 Å². The third-order valence-electron chi connectivity index (χ3n) is 1.47. The Balaban J connectivity index is 2.34. The highest BCUT2D eigenvalue weighted by molar-refractivity contribution is 5.80. The molecule has 0 bridgehead atoms. The molecular formula is C7H7N5. The fourth-order valence-corrected chi connectivity index (χ4v) is 0.897. The van der Waals surface area contributed by atoms with E-state index in [0.29, 0.717) is 0 Å². The fraction of sp³-hybridized carbons (Fsp3) is 0. The van der Waals surface area contributed by atoms with Gasteiger partial charge in [-0.1, -0.05) is 0 Å². The predicted molar refractivity (Wildman–Crippen MR) is 43.0 cm³/mol. The van der Waals surface area contributed by atoms with Crippen LogP contribution >= 0.6 is 0 Å². The summed E-state index contributed by atoms with van der Waals surface area (Å²) in [6, 6.07) is 1.77. The third-order valence-corrected chi connectivity index (χ3v) is 1.47. The Morgan fingerprint density at radius 3 is 2.75 bits per heavy atom. The Morgan fingerprint density at radius 1 is 1.25 bits per heavy atom. The monoisotopic (exact) mass is 161 g/mol. The summed E-state index contributed by atoms with van der Waals surface area (Å²) >= 11 is 0. The molecule has 12 heavy (non-hydrogen) atoms. The van der Waals surface area contributed by atoms with Gasteiger partial charge in [0, 0.05) is 24.8 Å². The molecule has 0 fully saturated rings. The van der Waals surface area contributed by atoms with E-state index in [1.807, 2.05) is 0 Å². The zero-order valence-electron chi connectivity index (χ0n) is 6.25. The molecule has 0 saturated carbocycles. The maximum absolute atomic E-state index is 7.63. The van der Waals surface area contributed by atoms with Crippen molar-refractivity contribution in [2.45, 2.75) is 0 Å². The molecule has 5 nitrogen and oxygen atoms in total. The minimum atomic E-state index is 0.262. The maximum atomic E-state index is 7.63. The first kappa shape index (κ1) is 6.78. The molecule has 0 atom stereocenters. The van der Waals surface area contributed by atoms with Crippen molar-refractivity contribution < 1.29 is 0 Å². The molecule has 60 valence electrons. The van der Waals surface area contributed by atoms with Crippen LogP contribution in [0.2, 0.25) is 0 Å². The van der Waals surface area contributed by atoms with E-state index in [1.165, 1.54) is 4.68 Å². The summed E-state index contributed by atoms with van der Waals surface area (Å²) in [7, 11) is 0. The van der Waals surface area contributed by atoms with E-state index in [-0.39, 0.29) is 5.96 Å². The fourth-order valence-electron chi connectivity index (χ4n) is 0.897. The van der Waals surface area contributed by atoms with Crippen molar-refractivity contribution in [3.05, 3.63) is 37.2 Å². The number of hydrogen-bond acceptors (Lipinski definition) is 3. The highest BCUT2D eigenvalue weighted by atomic mass is 15.4. The maximum Gasteiger partial charge on any atom is 0.228 e. The largest absolute Gasteiger partial charge is 0.275 e. The zero-order valence-corrected chi connectivity index (χ0v) is 6.25. The first-order valence-electron chi connectivity index (χ1n) is 3.45. The Morgan fingerprint density at radius 2 is 2.17 bits per heavy atom. The van der Waals surface area contributed by atoms with Gasteiger partial charge < -0.3 is 0 Å². The molecule has 2 rings (SSSR count). The lowest BCUT2D eigenvalue weighted by atomic mass is 10.7. The van der Waals surface area contributed by atoms with Crippen LogP contribution in [0.1, 0.15) is 0 Å². The number of imidazole rings is 1. The molecule has 0 radical (unpaired) electrons. The smallest absolute Gasteiger partial charge is 0.228 e. The molecule has 0 saturated heterocycles. The van der Waals surface area contributed by atoms with Gasteiger partial charge in [0.05, 0.1) is 0 Å². The molecule has 0 aliphatic heterocycles. The van der Waals surface area contributed by atoms with Gasteiger partial charge in [-0.15, -0.1) is 0 Å². The molecule has 2 heterocycles. The Kier molecular flexibility index (Phi) is 1.48. The second-order valence-electron chi connectivity index (χ2n) is 2.24. The molecule has 0 spiro atoms. The number of hydrogen-bond donors (Lipinski definition) is 1. The molecule has 0 amide bonds. The van der Waals surface area contributed by atoms with Crippen LogP contribution in [0.25, 0.3) is 0 Å². The van der Waals surface area contributed by atoms with Gasteiger partial charge in [0.25, 0.3) is 0 Å². The van der Waals surface area contributed by atoms with E-state index in [1.54, 1.807) is 41.7 Å². The molecule has 0 aromatic carbocycles. The van der Waals surface area contributed by atoms with Gasteiger partial charge in [-0.2, -0.15) is 5.10 Å². The third kappa shape index (κ3) is 1.01.